The molecule has 0 radical (unpaired) electrons. The minimum absolute atomic E-state index is 0.106. The van der Waals surface area contributed by atoms with Crippen molar-refractivity contribution in [2.24, 2.45) is 0 Å². The van der Waals surface area contributed by atoms with E-state index in [1.807, 2.05) is 0 Å². The highest BCUT2D eigenvalue weighted by Crippen LogP contribution is 2.21. The first-order valence-corrected chi connectivity index (χ1v) is 8.59. The molecule has 2 fully saturated rings. The van der Waals surface area contributed by atoms with Crippen molar-refractivity contribution >= 4 is 11.8 Å². The zero-order valence-electron chi connectivity index (χ0n) is 14.5. The second-order valence-corrected chi connectivity index (χ2v) is 6.77. The van der Waals surface area contributed by atoms with Gasteiger partial charge in [-0.1, -0.05) is 0 Å². The zero-order chi connectivity index (χ0) is 18.8. The fourth-order valence-corrected chi connectivity index (χ4v) is 3.61. The number of halogens is 2. The molecule has 0 aromatic heterocycles. The number of nitrogens with one attached hydrogen (secondary N) is 1. The lowest BCUT2D eigenvalue weighted by molar-refractivity contribution is -0.131. The zero-order valence-corrected chi connectivity index (χ0v) is 14.5. The molecule has 0 bridgehead atoms. The molecule has 1 unspecified atom stereocenters. The summed E-state index contributed by atoms with van der Waals surface area (Å²) in [6, 6.07) is 3.03. The summed E-state index contributed by atoms with van der Waals surface area (Å²) < 4.78 is 27.9. The highest BCUT2D eigenvalue weighted by Gasteiger charge is 2.36. The third kappa shape index (κ3) is 3.53. The molecule has 1 N–H and O–H groups in total. The number of hydrogen-bond donors (Lipinski definition) is 1. The van der Waals surface area contributed by atoms with Crippen molar-refractivity contribution in [3.63, 3.8) is 0 Å². The topological polar surface area (TPSA) is 76.4 Å². The summed E-state index contributed by atoms with van der Waals surface area (Å²) in [4.78, 5) is 28.1. The first-order valence-electron chi connectivity index (χ1n) is 8.59. The van der Waals surface area contributed by atoms with Crippen molar-refractivity contribution in [1.82, 2.24) is 15.1 Å². The van der Waals surface area contributed by atoms with Crippen LogP contribution in [0.25, 0.3) is 0 Å². The first kappa shape index (κ1) is 18.3. The molecule has 2 aliphatic rings. The predicted molar refractivity (Wildman–Crippen MR) is 89.2 cm³/mol. The van der Waals surface area contributed by atoms with Gasteiger partial charge in [-0.3, -0.25) is 14.5 Å². The molecule has 2 amide bonds. The summed E-state index contributed by atoms with van der Waals surface area (Å²) in [5.74, 6) is -2.79. The SMILES string of the molecule is CN1CCC(N2CCC(NC(=O)c3c(F)cc(C#N)cc3F)CC2)C1=O. The molecule has 0 saturated carbocycles. The number of amides is 2. The van der Waals surface area contributed by atoms with Gasteiger partial charge in [0, 0.05) is 32.7 Å². The number of benzene rings is 1. The molecule has 26 heavy (non-hydrogen) atoms. The van der Waals surface area contributed by atoms with Crippen LogP contribution in [0.5, 0.6) is 0 Å². The van der Waals surface area contributed by atoms with Gasteiger partial charge in [-0.2, -0.15) is 5.26 Å². The second-order valence-electron chi connectivity index (χ2n) is 6.77. The Balaban J connectivity index is 1.59. The maximum absolute atomic E-state index is 13.9. The van der Waals surface area contributed by atoms with Gasteiger partial charge in [-0.05, 0) is 31.4 Å². The van der Waals surface area contributed by atoms with Crippen LogP contribution in [0.2, 0.25) is 0 Å². The molecule has 2 heterocycles. The van der Waals surface area contributed by atoms with Gasteiger partial charge in [-0.15, -0.1) is 0 Å². The van der Waals surface area contributed by atoms with Crippen molar-refractivity contribution in [2.75, 3.05) is 26.7 Å². The minimum atomic E-state index is -1.05. The summed E-state index contributed by atoms with van der Waals surface area (Å²) in [6.45, 7) is 2.04. The van der Waals surface area contributed by atoms with Gasteiger partial charge >= 0.3 is 0 Å². The Morgan fingerprint density at radius 3 is 2.31 bits per heavy atom. The molecule has 138 valence electrons. The largest absolute Gasteiger partial charge is 0.349 e. The molecule has 2 saturated heterocycles. The molecule has 6 nitrogen and oxygen atoms in total. The average molecular weight is 362 g/mol. The summed E-state index contributed by atoms with van der Waals surface area (Å²) in [5.41, 5.74) is -0.838. The van der Waals surface area contributed by atoms with E-state index in [1.54, 1.807) is 18.0 Å². The quantitative estimate of drug-likeness (QED) is 0.878. The Morgan fingerprint density at radius 2 is 1.81 bits per heavy atom. The highest BCUT2D eigenvalue weighted by molar-refractivity contribution is 5.95. The number of likely N-dealkylation sites (N-methyl/N-ethyl adjacent to an activating group) is 1. The summed E-state index contributed by atoms with van der Waals surface area (Å²) in [7, 11) is 1.79. The van der Waals surface area contributed by atoms with Crippen molar-refractivity contribution in [3.05, 3.63) is 34.9 Å². The van der Waals surface area contributed by atoms with E-state index in [1.165, 1.54) is 0 Å². The molecule has 0 spiro atoms. The van der Waals surface area contributed by atoms with Gasteiger partial charge in [0.1, 0.15) is 17.2 Å². The Morgan fingerprint density at radius 1 is 1.19 bits per heavy atom. The molecule has 2 aliphatic heterocycles. The van der Waals surface area contributed by atoms with Crippen LogP contribution in [0.1, 0.15) is 35.2 Å². The monoisotopic (exact) mass is 362 g/mol. The third-order valence-electron chi connectivity index (χ3n) is 5.10. The molecule has 1 aromatic rings. The number of likely N-dealkylation sites (tertiary alicyclic amines) is 2. The van der Waals surface area contributed by atoms with Gasteiger partial charge in [-0.25, -0.2) is 8.78 Å². The van der Waals surface area contributed by atoms with E-state index >= 15 is 0 Å². The predicted octanol–water partition coefficient (Wildman–Crippen LogP) is 1.26. The highest BCUT2D eigenvalue weighted by atomic mass is 19.1. The van der Waals surface area contributed by atoms with E-state index in [4.69, 9.17) is 5.26 Å². The number of rotatable bonds is 3. The lowest BCUT2D eigenvalue weighted by Gasteiger charge is -2.35. The molecule has 1 atom stereocenters. The van der Waals surface area contributed by atoms with Crippen LogP contribution >= 0.6 is 0 Å². The van der Waals surface area contributed by atoms with E-state index in [9.17, 15) is 18.4 Å². The van der Waals surface area contributed by atoms with Crippen LogP contribution < -0.4 is 5.32 Å². The Hall–Kier alpha value is -2.53. The average Bonchev–Trinajstić information content (AvgIpc) is 2.94. The normalized spacial score (nSPS) is 21.7. The molecule has 3 rings (SSSR count). The molecular formula is C18H20F2N4O2. The minimum Gasteiger partial charge on any atom is -0.349 e. The number of nitrogens with zero attached hydrogens (tertiary/aromatic N) is 3. The van der Waals surface area contributed by atoms with Crippen LogP contribution in [0, 0.1) is 23.0 Å². The molecule has 1 aromatic carbocycles. The Kier molecular flexibility index (Phi) is 5.18. The number of carbonyl (C=O) groups is 2. The molecule has 8 heteroatoms. The van der Waals surface area contributed by atoms with Crippen LogP contribution in [0.15, 0.2) is 12.1 Å². The van der Waals surface area contributed by atoms with Crippen molar-refractivity contribution in [2.45, 2.75) is 31.3 Å². The van der Waals surface area contributed by atoms with E-state index < -0.39 is 23.1 Å². The van der Waals surface area contributed by atoms with Crippen molar-refractivity contribution < 1.29 is 18.4 Å². The van der Waals surface area contributed by atoms with E-state index in [2.05, 4.69) is 10.2 Å². The Labute approximate surface area is 150 Å². The smallest absolute Gasteiger partial charge is 0.257 e. The lowest BCUT2D eigenvalue weighted by atomic mass is 10.0. The number of carbonyl (C=O) groups excluding carboxylic acids is 2. The van der Waals surface area contributed by atoms with E-state index in [0.29, 0.717) is 25.9 Å². The fourth-order valence-electron chi connectivity index (χ4n) is 3.61. The fraction of sp³-hybridized carbons (Fsp3) is 0.500. The molecule has 0 aliphatic carbocycles. The van der Waals surface area contributed by atoms with Gasteiger partial charge in [0.2, 0.25) is 5.91 Å². The second kappa shape index (κ2) is 7.38. The van der Waals surface area contributed by atoms with Gasteiger partial charge in [0.15, 0.2) is 0 Å². The van der Waals surface area contributed by atoms with Crippen LogP contribution in [-0.2, 0) is 4.79 Å². The molecular weight excluding hydrogens is 342 g/mol. The standard InChI is InChI=1S/C18H20F2N4O2/c1-23-5-4-15(18(23)26)24-6-2-12(3-7-24)22-17(25)16-13(19)8-11(10-21)9-14(16)20/h8-9,12,15H,2-7H2,1H3,(H,22,25). The van der Waals surface area contributed by atoms with E-state index in [-0.39, 0.29) is 23.6 Å². The first-order chi connectivity index (χ1) is 12.4. The summed E-state index contributed by atoms with van der Waals surface area (Å²) in [6.07, 6.45) is 2.02. The van der Waals surface area contributed by atoms with Crippen LogP contribution in [-0.4, -0.2) is 60.4 Å². The lowest BCUT2D eigenvalue weighted by Crippen LogP contribution is -2.50. The third-order valence-corrected chi connectivity index (χ3v) is 5.10. The number of nitriles is 1. The van der Waals surface area contributed by atoms with Crippen molar-refractivity contribution in [3.8, 4) is 6.07 Å². The van der Waals surface area contributed by atoms with Crippen LogP contribution in [0.3, 0.4) is 0 Å². The van der Waals surface area contributed by atoms with Gasteiger partial charge in [0.25, 0.3) is 5.91 Å². The van der Waals surface area contributed by atoms with Gasteiger partial charge in [0.05, 0.1) is 17.7 Å². The Bertz CT molecular complexity index is 746. The van der Waals surface area contributed by atoms with Crippen molar-refractivity contribution in [1.29, 1.82) is 5.26 Å². The number of piperidine rings is 1. The van der Waals surface area contributed by atoms with Gasteiger partial charge < -0.3 is 10.2 Å². The maximum Gasteiger partial charge on any atom is 0.257 e. The summed E-state index contributed by atoms with van der Waals surface area (Å²) in [5, 5.41) is 11.4. The number of hydrogen-bond acceptors (Lipinski definition) is 4. The van der Waals surface area contributed by atoms with E-state index in [0.717, 1.165) is 25.1 Å². The maximum atomic E-state index is 13.9. The van der Waals surface area contributed by atoms with Crippen LogP contribution in [0.4, 0.5) is 8.78 Å². The summed E-state index contributed by atoms with van der Waals surface area (Å²) >= 11 is 0.